The number of nitrogens with zero attached hydrogens (tertiary/aromatic N) is 3. The summed E-state index contributed by atoms with van der Waals surface area (Å²) in [5, 5.41) is 4.13. The normalized spacial score (nSPS) is 15.7. The largest absolute Gasteiger partial charge is 0.416 e. The van der Waals surface area contributed by atoms with Crippen LogP contribution in [-0.2, 0) is 6.18 Å². The van der Waals surface area contributed by atoms with Crippen molar-refractivity contribution in [3.8, 4) is 5.69 Å². The molecule has 1 saturated heterocycles. The van der Waals surface area contributed by atoms with Crippen molar-refractivity contribution in [3.05, 3.63) is 47.8 Å². The first-order valence-electron chi connectivity index (χ1n) is 7.05. The predicted molar refractivity (Wildman–Crippen MR) is 81.8 cm³/mol. The third-order valence-electron chi connectivity index (χ3n) is 3.54. The maximum atomic E-state index is 12.8. The Morgan fingerprint density at radius 3 is 2.61 bits per heavy atom. The first-order valence-corrected chi connectivity index (χ1v) is 8.21. The molecule has 1 aromatic carbocycles. The second kappa shape index (κ2) is 6.27. The molecule has 1 aliphatic rings. The molecule has 2 heterocycles. The number of alkyl halides is 3. The zero-order chi connectivity index (χ0) is 16.4. The number of hydrogen-bond acceptors (Lipinski definition) is 3. The molecule has 0 N–H and O–H groups in total. The molecule has 1 aromatic heterocycles. The average molecular weight is 341 g/mol. The molecule has 0 saturated carbocycles. The molecule has 0 aliphatic carbocycles. The number of benzene rings is 1. The number of amides is 1. The molecule has 0 atom stereocenters. The van der Waals surface area contributed by atoms with Gasteiger partial charge in [0.25, 0.3) is 5.91 Å². The van der Waals surface area contributed by atoms with Crippen LogP contribution in [0.25, 0.3) is 5.69 Å². The lowest BCUT2D eigenvalue weighted by Crippen LogP contribution is -2.38. The fourth-order valence-electron chi connectivity index (χ4n) is 2.33. The summed E-state index contributed by atoms with van der Waals surface area (Å²) in [6.45, 7) is 1.33. The predicted octanol–water partition coefficient (Wildman–Crippen LogP) is 3.08. The lowest BCUT2D eigenvalue weighted by atomic mass is 10.2. The second-order valence-corrected chi connectivity index (χ2v) is 6.32. The Bertz CT molecular complexity index is 708. The van der Waals surface area contributed by atoms with E-state index in [1.54, 1.807) is 16.7 Å². The summed E-state index contributed by atoms with van der Waals surface area (Å²) in [7, 11) is 0. The van der Waals surface area contributed by atoms with Crippen LogP contribution in [0.3, 0.4) is 0 Å². The minimum absolute atomic E-state index is 0.184. The Morgan fingerprint density at radius 1 is 1.17 bits per heavy atom. The van der Waals surface area contributed by atoms with Crippen molar-refractivity contribution >= 4 is 17.7 Å². The van der Waals surface area contributed by atoms with Gasteiger partial charge in [-0.1, -0.05) is 6.07 Å². The standard InChI is InChI=1S/C15H14F3N3OS/c16-15(17,18)11-2-1-3-12(10-11)21-5-4-13(19-21)14(22)20-6-8-23-9-7-20/h1-5,10H,6-9H2. The highest BCUT2D eigenvalue weighted by atomic mass is 32.2. The van der Waals surface area contributed by atoms with Crippen LogP contribution >= 0.6 is 11.8 Å². The molecule has 0 unspecified atom stereocenters. The number of carbonyl (C=O) groups is 1. The zero-order valence-electron chi connectivity index (χ0n) is 12.1. The zero-order valence-corrected chi connectivity index (χ0v) is 12.9. The fourth-order valence-corrected chi connectivity index (χ4v) is 3.24. The topological polar surface area (TPSA) is 38.1 Å². The van der Waals surface area contributed by atoms with Gasteiger partial charge in [0.1, 0.15) is 0 Å². The summed E-state index contributed by atoms with van der Waals surface area (Å²) in [5.41, 5.74) is -0.228. The van der Waals surface area contributed by atoms with Gasteiger partial charge in [0.15, 0.2) is 5.69 Å². The maximum Gasteiger partial charge on any atom is 0.416 e. The summed E-state index contributed by atoms with van der Waals surface area (Å²) in [5.74, 6) is 1.59. The van der Waals surface area contributed by atoms with E-state index in [9.17, 15) is 18.0 Å². The molecule has 1 aliphatic heterocycles. The molecule has 1 fully saturated rings. The lowest BCUT2D eigenvalue weighted by molar-refractivity contribution is -0.137. The maximum absolute atomic E-state index is 12.8. The van der Waals surface area contributed by atoms with E-state index in [0.29, 0.717) is 13.1 Å². The monoisotopic (exact) mass is 341 g/mol. The number of rotatable bonds is 2. The van der Waals surface area contributed by atoms with E-state index in [1.807, 2.05) is 0 Å². The fraction of sp³-hybridized carbons (Fsp3) is 0.333. The molecule has 0 spiro atoms. The summed E-state index contributed by atoms with van der Waals surface area (Å²) >= 11 is 1.79. The molecule has 2 aromatic rings. The Morgan fingerprint density at radius 2 is 1.91 bits per heavy atom. The van der Waals surface area contributed by atoms with Crippen LogP contribution in [0.4, 0.5) is 13.2 Å². The summed E-state index contributed by atoms with van der Waals surface area (Å²) in [6.07, 6.45) is -2.91. The number of aromatic nitrogens is 2. The van der Waals surface area contributed by atoms with Gasteiger partial charge in [-0.15, -0.1) is 0 Å². The van der Waals surface area contributed by atoms with Gasteiger partial charge in [-0.3, -0.25) is 4.79 Å². The lowest BCUT2D eigenvalue weighted by Gasteiger charge is -2.25. The molecule has 4 nitrogen and oxygen atoms in total. The molecular formula is C15H14F3N3OS. The average Bonchev–Trinajstić information content (AvgIpc) is 3.04. The highest BCUT2D eigenvalue weighted by Gasteiger charge is 2.30. The van der Waals surface area contributed by atoms with Gasteiger partial charge in [-0.05, 0) is 24.3 Å². The number of thioether (sulfide) groups is 1. The van der Waals surface area contributed by atoms with E-state index in [2.05, 4.69) is 5.10 Å². The Kier molecular flexibility index (Phi) is 4.34. The molecular weight excluding hydrogens is 327 g/mol. The molecule has 122 valence electrons. The van der Waals surface area contributed by atoms with Crippen molar-refractivity contribution in [2.24, 2.45) is 0 Å². The van der Waals surface area contributed by atoms with Crippen LogP contribution in [-0.4, -0.2) is 45.2 Å². The summed E-state index contributed by atoms with van der Waals surface area (Å²) < 4.78 is 39.6. The van der Waals surface area contributed by atoms with E-state index in [0.717, 1.165) is 23.6 Å². The highest BCUT2D eigenvalue weighted by Crippen LogP contribution is 2.30. The number of hydrogen-bond donors (Lipinski definition) is 0. The Hall–Kier alpha value is -1.96. The molecule has 8 heteroatoms. The second-order valence-electron chi connectivity index (χ2n) is 5.10. The number of carbonyl (C=O) groups excluding carboxylic acids is 1. The van der Waals surface area contributed by atoms with Crippen LogP contribution in [0.2, 0.25) is 0 Å². The molecule has 0 radical (unpaired) electrons. The van der Waals surface area contributed by atoms with E-state index in [1.165, 1.54) is 29.1 Å². The van der Waals surface area contributed by atoms with Gasteiger partial charge in [0.05, 0.1) is 11.3 Å². The van der Waals surface area contributed by atoms with E-state index >= 15 is 0 Å². The van der Waals surface area contributed by atoms with Crippen LogP contribution in [0, 0.1) is 0 Å². The van der Waals surface area contributed by atoms with Gasteiger partial charge in [0, 0.05) is 30.8 Å². The van der Waals surface area contributed by atoms with Crippen LogP contribution < -0.4 is 0 Å². The van der Waals surface area contributed by atoms with Crippen molar-refractivity contribution in [2.45, 2.75) is 6.18 Å². The van der Waals surface area contributed by atoms with Crippen LogP contribution in [0.1, 0.15) is 16.1 Å². The van der Waals surface area contributed by atoms with Gasteiger partial charge in [-0.25, -0.2) is 4.68 Å². The minimum atomic E-state index is -4.41. The first-order chi connectivity index (χ1) is 10.9. The van der Waals surface area contributed by atoms with Crippen molar-refractivity contribution in [1.82, 2.24) is 14.7 Å². The Balaban J connectivity index is 1.83. The highest BCUT2D eigenvalue weighted by molar-refractivity contribution is 7.99. The minimum Gasteiger partial charge on any atom is -0.336 e. The molecule has 1 amide bonds. The Labute approximate surface area is 135 Å². The SMILES string of the molecule is O=C(c1ccn(-c2cccc(C(F)(F)F)c2)n1)N1CCSCC1. The van der Waals surface area contributed by atoms with Gasteiger partial charge < -0.3 is 4.90 Å². The summed E-state index contributed by atoms with van der Waals surface area (Å²) in [6, 6.07) is 6.39. The van der Waals surface area contributed by atoms with Crippen molar-refractivity contribution in [1.29, 1.82) is 0 Å². The van der Waals surface area contributed by atoms with Crippen molar-refractivity contribution in [2.75, 3.05) is 24.6 Å². The smallest absolute Gasteiger partial charge is 0.336 e. The van der Waals surface area contributed by atoms with Gasteiger partial charge in [-0.2, -0.15) is 30.0 Å². The van der Waals surface area contributed by atoms with E-state index in [-0.39, 0.29) is 17.3 Å². The van der Waals surface area contributed by atoms with Gasteiger partial charge in [0.2, 0.25) is 0 Å². The van der Waals surface area contributed by atoms with Gasteiger partial charge >= 0.3 is 6.18 Å². The molecule has 3 rings (SSSR count). The number of halogens is 3. The molecule has 0 bridgehead atoms. The van der Waals surface area contributed by atoms with Crippen LogP contribution in [0.5, 0.6) is 0 Å². The summed E-state index contributed by atoms with van der Waals surface area (Å²) in [4.78, 5) is 14.0. The van der Waals surface area contributed by atoms with Crippen molar-refractivity contribution < 1.29 is 18.0 Å². The van der Waals surface area contributed by atoms with E-state index < -0.39 is 11.7 Å². The first kappa shape index (κ1) is 15.9. The van der Waals surface area contributed by atoms with Crippen LogP contribution in [0.15, 0.2) is 36.5 Å². The van der Waals surface area contributed by atoms with Crippen molar-refractivity contribution in [3.63, 3.8) is 0 Å². The third-order valence-corrected chi connectivity index (χ3v) is 4.49. The molecule has 23 heavy (non-hydrogen) atoms. The quantitative estimate of drug-likeness (QED) is 0.843. The third kappa shape index (κ3) is 3.52. The van der Waals surface area contributed by atoms with E-state index in [4.69, 9.17) is 0 Å².